The number of imidazole rings is 1. The van der Waals surface area contributed by atoms with Gasteiger partial charge in [-0.15, -0.1) is 0 Å². The van der Waals surface area contributed by atoms with E-state index in [4.69, 9.17) is 9.47 Å². The van der Waals surface area contributed by atoms with E-state index in [0.29, 0.717) is 6.61 Å². The number of hydrogen-bond donors (Lipinski definition) is 0. The van der Waals surface area contributed by atoms with Gasteiger partial charge in [-0.2, -0.15) is 0 Å². The smallest absolute Gasteiger partial charge is 0.338 e. The molecule has 2 atom stereocenters. The van der Waals surface area contributed by atoms with Crippen molar-refractivity contribution in [2.45, 2.75) is 25.6 Å². The third kappa shape index (κ3) is 1.81. The lowest BCUT2D eigenvalue weighted by atomic mass is 9.97. The monoisotopic (exact) mass is 260 g/mol. The topological polar surface area (TPSA) is 56.6 Å². The summed E-state index contributed by atoms with van der Waals surface area (Å²) in [5.41, 5.74) is 2.33. The standard InChI is InChI=1S/C14H16N2O3/c1-4-18-13(17)12-14(2,19-12)9-5-6-11-10(7-9)15-8-16(11)3/h5-8,12H,4H2,1-3H3. The summed E-state index contributed by atoms with van der Waals surface area (Å²) in [6.07, 6.45) is 1.27. The number of aromatic nitrogens is 2. The van der Waals surface area contributed by atoms with Gasteiger partial charge in [-0.1, -0.05) is 6.07 Å². The predicted octanol–water partition coefficient (Wildman–Crippen LogP) is 1.75. The summed E-state index contributed by atoms with van der Waals surface area (Å²) in [6.45, 7) is 4.06. The summed E-state index contributed by atoms with van der Waals surface area (Å²) in [5.74, 6) is -0.300. The van der Waals surface area contributed by atoms with Crippen LogP contribution in [0.2, 0.25) is 0 Å². The maximum atomic E-state index is 11.7. The fourth-order valence-corrected chi connectivity index (χ4v) is 2.37. The van der Waals surface area contributed by atoms with Crippen LogP contribution in [-0.4, -0.2) is 28.2 Å². The Morgan fingerprint density at radius 1 is 1.58 bits per heavy atom. The highest BCUT2D eigenvalue weighted by Crippen LogP contribution is 2.46. The average Bonchev–Trinajstić information content (AvgIpc) is 2.97. The quantitative estimate of drug-likeness (QED) is 0.623. The number of epoxide rings is 1. The van der Waals surface area contributed by atoms with Crippen LogP contribution in [0, 0.1) is 0 Å². The molecule has 2 aromatic rings. The Morgan fingerprint density at radius 2 is 2.37 bits per heavy atom. The molecule has 1 fully saturated rings. The third-order valence-electron chi connectivity index (χ3n) is 3.61. The van der Waals surface area contributed by atoms with Crippen LogP contribution in [-0.2, 0) is 26.9 Å². The number of rotatable bonds is 3. The van der Waals surface area contributed by atoms with Gasteiger partial charge in [0.1, 0.15) is 5.60 Å². The summed E-state index contributed by atoms with van der Waals surface area (Å²) in [7, 11) is 1.95. The Morgan fingerprint density at radius 3 is 3.11 bits per heavy atom. The van der Waals surface area contributed by atoms with Gasteiger partial charge >= 0.3 is 5.97 Å². The van der Waals surface area contributed by atoms with Crippen LogP contribution in [0.1, 0.15) is 19.4 Å². The van der Waals surface area contributed by atoms with E-state index in [-0.39, 0.29) is 5.97 Å². The Hall–Kier alpha value is -1.88. The van der Waals surface area contributed by atoms with E-state index in [1.807, 2.05) is 36.7 Å². The van der Waals surface area contributed by atoms with Crippen LogP contribution in [0.15, 0.2) is 24.5 Å². The molecule has 0 bridgehead atoms. The number of carbonyl (C=O) groups is 1. The maximum absolute atomic E-state index is 11.7. The first-order valence-electron chi connectivity index (χ1n) is 6.32. The molecule has 2 heterocycles. The van der Waals surface area contributed by atoms with E-state index >= 15 is 0 Å². The third-order valence-corrected chi connectivity index (χ3v) is 3.61. The summed E-state index contributed by atoms with van der Waals surface area (Å²) >= 11 is 0. The molecule has 0 N–H and O–H groups in total. The molecule has 0 saturated carbocycles. The molecule has 0 aliphatic carbocycles. The van der Waals surface area contributed by atoms with Crippen LogP contribution >= 0.6 is 0 Å². The lowest BCUT2D eigenvalue weighted by Crippen LogP contribution is -2.18. The van der Waals surface area contributed by atoms with Gasteiger partial charge in [0.2, 0.25) is 0 Å². The zero-order valence-electron chi connectivity index (χ0n) is 11.2. The molecule has 3 rings (SSSR count). The zero-order chi connectivity index (χ0) is 13.6. The van der Waals surface area contributed by atoms with Gasteiger partial charge in [0.25, 0.3) is 0 Å². The summed E-state index contributed by atoms with van der Waals surface area (Å²) in [4.78, 5) is 16.0. The first-order chi connectivity index (χ1) is 9.06. The molecule has 1 aromatic carbocycles. The van der Waals surface area contributed by atoms with E-state index in [1.54, 1.807) is 13.3 Å². The van der Waals surface area contributed by atoms with Gasteiger partial charge in [-0.05, 0) is 31.5 Å². The number of esters is 1. The van der Waals surface area contributed by atoms with Gasteiger partial charge < -0.3 is 14.0 Å². The van der Waals surface area contributed by atoms with Crippen molar-refractivity contribution in [2.24, 2.45) is 7.05 Å². The highest BCUT2D eigenvalue weighted by Gasteiger charge is 2.59. The van der Waals surface area contributed by atoms with Crippen LogP contribution in [0.5, 0.6) is 0 Å². The molecule has 0 radical (unpaired) electrons. The van der Waals surface area contributed by atoms with Crippen molar-refractivity contribution in [3.8, 4) is 0 Å². The van der Waals surface area contributed by atoms with Gasteiger partial charge in [0.05, 0.1) is 24.0 Å². The van der Waals surface area contributed by atoms with Gasteiger partial charge in [-0.3, -0.25) is 0 Å². The van der Waals surface area contributed by atoms with Crippen molar-refractivity contribution < 1.29 is 14.3 Å². The molecule has 1 aromatic heterocycles. The fourth-order valence-electron chi connectivity index (χ4n) is 2.37. The minimum atomic E-state index is -0.585. The second-order valence-corrected chi connectivity index (χ2v) is 4.92. The zero-order valence-corrected chi connectivity index (χ0v) is 11.2. The second kappa shape index (κ2) is 4.06. The lowest BCUT2D eigenvalue weighted by Gasteiger charge is -2.07. The van der Waals surface area contributed by atoms with Crippen LogP contribution in [0.4, 0.5) is 0 Å². The number of carbonyl (C=O) groups excluding carboxylic acids is 1. The Kier molecular flexibility index (Phi) is 2.60. The highest BCUT2D eigenvalue weighted by molar-refractivity contribution is 5.81. The minimum absolute atomic E-state index is 0.300. The van der Waals surface area contributed by atoms with Crippen molar-refractivity contribution in [2.75, 3.05) is 6.61 Å². The molecule has 0 amide bonds. The first-order valence-corrected chi connectivity index (χ1v) is 6.32. The average molecular weight is 260 g/mol. The number of benzene rings is 1. The van der Waals surface area contributed by atoms with Crippen LogP contribution in [0.3, 0.4) is 0 Å². The second-order valence-electron chi connectivity index (χ2n) is 4.92. The molecule has 5 nitrogen and oxygen atoms in total. The molecular formula is C14H16N2O3. The first kappa shape index (κ1) is 12.2. The lowest BCUT2D eigenvalue weighted by molar-refractivity contribution is -0.144. The predicted molar refractivity (Wildman–Crippen MR) is 69.6 cm³/mol. The van der Waals surface area contributed by atoms with Gasteiger partial charge in [0.15, 0.2) is 6.10 Å². The number of ether oxygens (including phenoxy) is 2. The Bertz CT molecular complexity index is 649. The Labute approximate surface area is 111 Å². The number of aryl methyl sites for hydroxylation is 1. The Balaban J connectivity index is 1.91. The largest absolute Gasteiger partial charge is 0.464 e. The molecule has 5 heteroatoms. The van der Waals surface area contributed by atoms with Crippen molar-refractivity contribution in [3.63, 3.8) is 0 Å². The number of hydrogen-bond acceptors (Lipinski definition) is 4. The summed E-state index contributed by atoms with van der Waals surface area (Å²) in [5, 5.41) is 0. The van der Waals surface area contributed by atoms with Crippen molar-refractivity contribution in [1.29, 1.82) is 0 Å². The molecule has 19 heavy (non-hydrogen) atoms. The molecule has 1 saturated heterocycles. The van der Waals surface area contributed by atoms with Crippen molar-refractivity contribution >= 4 is 17.0 Å². The molecule has 1 aliphatic heterocycles. The SMILES string of the molecule is CCOC(=O)C1OC1(C)c1ccc2c(c1)ncn2C. The maximum Gasteiger partial charge on any atom is 0.338 e. The highest BCUT2D eigenvalue weighted by atomic mass is 16.7. The normalized spacial score (nSPS) is 25.5. The van der Waals surface area contributed by atoms with E-state index in [1.165, 1.54) is 0 Å². The summed E-state index contributed by atoms with van der Waals surface area (Å²) < 4.78 is 12.5. The van der Waals surface area contributed by atoms with Crippen LogP contribution < -0.4 is 0 Å². The summed E-state index contributed by atoms with van der Waals surface area (Å²) in [6, 6.07) is 5.94. The van der Waals surface area contributed by atoms with Crippen molar-refractivity contribution in [1.82, 2.24) is 9.55 Å². The van der Waals surface area contributed by atoms with E-state index in [0.717, 1.165) is 16.6 Å². The molecular weight excluding hydrogens is 244 g/mol. The van der Waals surface area contributed by atoms with Gasteiger partial charge in [0, 0.05) is 7.05 Å². The molecule has 1 aliphatic rings. The molecule has 0 spiro atoms. The fraction of sp³-hybridized carbons (Fsp3) is 0.429. The minimum Gasteiger partial charge on any atom is -0.464 e. The van der Waals surface area contributed by atoms with Crippen molar-refractivity contribution in [3.05, 3.63) is 30.1 Å². The molecule has 2 unspecified atom stereocenters. The number of fused-ring (bicyclic) bond motifs is 1. The molecule has 100 valence electrons. The number of nitrogens with zero attached hydrogens (tertiary/aromatic N) is 2. The van der Waals surface area contributed by atoms with E-state index in [2.05, 4.69) is 4.98 Å². The van der Waals surface area contributed by atoms with E-state index in [9.17, 15) is 4.79 Å². The van der Waals surface area contributed by atoms with E-state index < -0.39 is 11.7 Å². The van der Waals surface area contributed by atoms with Crippen LogP contribution in [0.25, 0.3) is 11.0 Å². The van der Waals surface area contributed by atoms with Gasteiger partial charge in [-0.25, -0.2) is 9.78 Å².